The fourth-order valence-corrected chi connectivity index (χ4v) is 0.881. The van der Waals surface area contributed by atoms with Crippen molar-refractivity contribution in [3.8, 4) is 0 Å². The third-order valence-electron chi connectivity index (χ3n) is 1.29. The summed E-state index contributed by atoms with van der Waals surface area (Å²) in [6.07, 6.45) is 0. The molecule has 0 spiro atoms. The monoisotopic (exact) mass is 170 g/mol. The standard InChI is InChI=1S/C7H5ClNO2/c1-5-2-3-6(8)4-7(5)9(10)11/h2,4H,1H3. The van der Waals surface area contributed by atoms with E-state index < -0.39 is 4.92 Å². The summed E-state index contributed by atoms with van der Waals surface area (Å²) in [6.45, 7) is 1.64. The molecule has 0 unspecified atom stereocenters. The first-order valence-corrected chi connectivity index (χ1v) is 3.31. The van der Waals surface area contributed by atoms with Crippen molar-refractivity contribution in [3.05, 3.63) is 38.9 Å². The molecule has 0 saturated heterocycles. The molecule has 1 aromatic rings. The topological polar surface area (TPSA) is 43.1 Å². The van der Waals surface area contributed by atoms with E-state index in [0.29, 0.717) is 5.56 Å². The molecule has 0 aliphatic heterocycles. The lowest BCUT2D eigenvalue weighted by Crippen LogP contribution is -1.90. The number of hydrogen-bond acceptors (Lipinski definition) is 2. The molecular formula is C7H5ClNO2. The van der Waals surface area contributed by atoms with Crippen molar-refractivity contribution in [2.24, 2.45) is 0 Å². The Morgan fingerprint density at radius 3 is 2.82 bits per heavy atom. The molecule has 0 aromatic heterocycles. The Morgan fingerprint density at radius 1 is 1.73 bits per heavy atom. The smallest absolute Gasteiger partial charge is 0.258 e. The molecule has 0 saturated carbocycles. The first kappa shape index (κ1) is 8.01. The largest absolute Gasteiger partial charge is 0.273 e. The van der Waals surface area contributed by atoms with E-state index in [1.165, 1.54) is 12.1 Å². The van der Waals surface area contributed by atoms with Gasteiger partial charge in [-0.15, -0.1) is 0 Å². The highest BCUT2D eigenvalue weighted by Crippen LogP contribution is 2.21. The van der Waals surface area contributed by atoms with Crippen LogP contribution in [0.2, 0.25) is 5.02 Å². The van der Waals surface area contributed by atoms with Gasteiger partial charge in [-0.3, -0.25) is 10.1 Å². The number of rotatable bonds is 1. The molecule has 0 heterocycles. The van der Waals surface area contributed by atoms with Crippen molar-refractivity contribution in [3.63, 3.8) is 0 Å². The number of halogens is 1. The zero-order valence-electron chi connectivity index (χ0n) is 5.80. The highest BCUT2D eigenvalue weighted by atomic mass is 35.5. The van der Waals surface area contributed by atoms with E-state index in [2.05, 4.69) is 6.07 Å². The van der Waals surface area contributed by atoms with Crippen LogP contribution in [0.1, 0.15) is 5.56 Å². The number of benzene rings is 1. The maximum absolute atomic E-state index is 10.3. The first-order valence-electron chi connectivity index (χ1n) is 2.93. The van der Waals surface area contributed by atoms with Gasteiger partial charge in [0.25, 0.3) is 5.69 Å². The van der Waals surface area contributed by atoms with Crippen molar-refractivity contribution in [1.29, 1.82) is 0 Å². The maximum Gasteiger partial charge on any atom is 0.273 e. The minimum atomic E-state index is -0.463. The molecule has 0 amide bonds. The fourth-order valence-electron chi connectivity index (χ4n) is 0.723. The van der Waals surface area contributed by atoms with Crippen molar-refractivity contribution in [2.75, 3.05) is 0 Å². The first-order chi connectivity index (χ1) is 5.11. The molecule has 11 heavy (non-hydrogen) atoms. The van der Waals surface area contributed by atoms with Crippen LogP contribution in [0, 0.1) is 23.1 Å². The molecule has 0 aliphatic carbocycles. The van der Waals surface area contributed by atoms with E-state index in [-0.39, 0.29) is 10.7 Å². The van der Waals surface area contributed by atoms with Crippen LogP contribution in [-0.2, 0) is 0 Å². The average Bonchev–Trinajstić information content (AvgIpc) is 1.94. The highest BCUT2D eigenvalue weighted by Gasteiger charge is 2.09. The van der Waals surface area contributed by atoms with Crippen molar-refractivity contribution >= 4 is 17.3 Å². The van der Waals surface area contributed by atoms with Gasteiger partial charge in [0.1, 0.15) is 0 Å². The van der Waals surface area contributed by atoms with Crippen molar-refractivity contribution in [1.82, 2.24) is 0 Å². The summed E-state index contributed by atoms with van der Waals surface area (Å²) < 4.78 is 0. The zero-order valence-corrected chi connectivity index (χ0v) is 6.55. The molecule has 3 nitrogen and oxygen atoms in total. The van der Waals surface area contributed by atoms with Gasteiger partial charge in [0.15, 0.2) is 0 Å². The quantitative estimate of drug-likeness (QED) is 0.480. The number of nitro benzene ring substituents is 1. The molecule has 4 heteroatoms. The molecule has 1 radical (unpaired) electrons. The van der Waals surface area contributed by atoms with E-state index in [1.54, 1.807) is 6.92 Å². The lowest BCUT2D eigenvalue weighted by Gasteiger charge is -1.94. The van der Waals surface area contributed by atoms with Crippen LogP contribution in [0.3, 0.4) is 0 Å². The Labute approximate surface area is 68.8 Å². The summed E-state index contributed by atoms with van der Waals surface area (Å²) in [5.74, 6) is 0. The van der Waals surface area contributed by atoms with Gasteiger partial charge in [0.2, 0.25) is 0 Å². The van der Waals surface area contributed by atoms with Crippen LogP contribution in [0.15, 0.2) is 12.1 Å². The second kappa shape index (κ2) is 2.88. The summed E-state index contributed by atoms with van der Waals surface area (Å²) in [4.78, 5) is 9.84. The number of hydrogen-bond donors (Lipinski definition) is 0. The Kier molecular flexibility index (Phi) is 2.10. The van der Waals surface area contributed by atoms with Gasteiger partial charge in [-0.05, 0) is 13.0 Å². The van der Waals surface area contributed by atoms with Gasteiger partial charge in [0.05, 0.1) is 9.95 Å². The minimum absolute atomic E-state index is 0.0359. The fraction of sp³-hybridized carbons (Fsp3) is 0.143. The van der Waals surface area contributed by atoms with Gasteiger partial charge in [-0.1, -0.05) is 11.6 Å². The van der Waals surface area contributed by atoms with E-state index >= 15 is 0 Å². The lowest BCUT2D eigenvalue weighted by atomic mass is 10.2. The van der Waals surface area contributed by atoms with Crippen molar-refractivity contribution < 1.29 is 4.92 Å². The predicted molar refractivity (Wildman–Crippen MR) is 41.7 cm³/mol. The molecule has 0 aliphatic rings. The average molecular weight is 171 g/mol. The van der Waals surface area contributed by atoms with Crippen LogP contribution in [0.4, 0.5) is 5.69 Å². The van der Waals surface area contributed by atoms with Gasteiger partial charge < -0.3 is 0 Å². The molecule has 57 valence electrons. The third-order valence-corrected chi connectivity index (χ3v) is 1.51. The molecule has 0 bridgehead atoms. The summed E-state index contributed by atoms with van der Waals surface area (Å²) >= 11 is 5.50. The maximum atomic E-state index is 10.3. The number of nitro groups is 1. The summed E-state index contributed by atoms with van der Waals surface area (Å²) in [5, 5.41) is 10.6. The second-order valence-electron chi connectivity index (χ2n) is 2.11. The van der Waals surface area contributed by atoms with E-state index in [1.807, 2.05) is 0 Å². The van der Waals surface area contributed by atoms with E-state index in [0.717, 1.165) is 0 Å². The number of nitrogens with zero attached hydrogens (tertiary/aromatic N) is 1. The highest BCUT2D eigenvalue weighted by molar-refractivity contribution is 6.30. The summed E-state index contributed by atoms with van der Waals surface area (Å²) in [6, 6.07) is 5.44. The minimum Gasteiger partial charge on any atom is -0.258 e. The van der Waals surface area contributed by atoms with Crippen LogP contribution in [0.25, 0.3) is 0 Å². The Balaban J connectivity index is 3.23. The van der Waals surface area contributed by atoms with E-state index in [4.69, 9.17) is 11.6 Å². The normalized spacial score (nSPS) is 9.64. The summed E-state index contributed by atoms with van der Waals surface area (Å²) in [7, 11) is 0. The summed E-state index contributed by atoms with van der Waals surface area (Å²) in [5.41, 5.74) is 0.605. The second-order valence-corrected chi connectivity index (χ2v) is 2.51. The molecule has 0 atom stereocenters. The van der Waals surface area contributed by atoms with Gasteiger partial charge in [-0.2, -0.15) is 0 Å². The molecule has 0 fully saturated rings. The van der Waals surface area contributed by atoms with Gasteiger partial charge >= 0.3 is 0 Å². The lowest BCUT2D eigenvalue weighted by molar-refractivity contribution is -0.385. The number of aryl methyl sites for hydroxylation is 1. The van der Waals surface area contributed by atoms with Gasteiger partial charge in [-0.25, -0.2) is 0 Å². The zero-order chi connectivity index (χ0) is 8.43. The predicted octanol–water partition coefficient (Wildman–Crippen LogP) is 2.36. The van der Waals surface area contributed by atoms with Crippen LogP contribution < -0.4 is 0 Å². The van der Waals surface area contributed by atoms with Gasteiger partial charge in [0, 0.05) is 17.7 Å². The third kappa shape index (κ3) is 1.68. The SMILES string of the molecule is Cc1c[c]c(Cl)cc1[N+](=O)[O-]. The Morgan fingerprint density at radius 2 is 2.36 bits per heavy atom. The molecular weight excluding hydrogens is 166 g/mol. The molecule has 1 aromatic carbocycles. The Bertz CT molecular complexity index is 298. The Hall–Kier alpha value is -1.09. The van der Waals surface area contributed by atoms with Crippen molar-refractivity contribution in [2.45, 2.75) is 6.92 Å². The van der Waals surface area contributed by atoms with Crippen LogP contribution in [0.5, 0.6) is 0 Å². The van der Waals surface area contributed by atoms with Crippen LogP contribution in [-0.4, -0.2) is 4.92 Å². The molecule has 0 N–H and O–H groups in total. The van der Waals surface area contributed by atoms with E-state index in [9.17, 15) is 10.1 Å². The van der Waals surface area contributed by atoms with Crippen LogP contribution >= 0.6 is 11.6 Å². The molecule has 1 rings (SSSR count).